The van der Waals surface area contributed by atoms with Crippen molar-refractivity contribution < 1.29 is 77.4 Å². The number of carboxylic acids is 2. The summed E-state index contributed by atoms with van der Waals surface area (Å²) in [6, 6.07) is 5.78. The van der Waals surface area contributed by atoms with Crippen LogP contribution >= 0.6 is 0 Å². The summed E-state index contributed by atoms with van der Waals surface area (Å²) in [7, 11) is 0. The van der Waals surface area contributed by atoms with Crippen molar-refractivity contribution in [1.82, 2.24) is 0 Å². The first-order chi connectivity index (χ1) is 37.7. The lowest BCUT2D eigenvalue weighted by atomic mass is 9.48. The molecule has 516 valence electrons. The minimum atomic E-state index is -1.21. The first-order valence-corrected chi connectivity index (χ1v) is 30.6. The Morgan fingerprint density at radius 1 is 0.528 bits per heavy atom. The number of aliphatic hydroxyl groups is 1. The molecule has 13 rings (SSSR count). The third kappa shape index (κ3) is 19.4. The highest BCUT2D eigenvalue weighted by Crippen LogP contribution is 2.64. The third-order valence-electron chi connectivity index (χ3n) is 20.8. The van der Waals surface area contributed by atoms with Crippen molar-refractivity contribution >= 4 is 47.6 Å². The van der Waals surface area contributed by atoms with Crippen LogP contribution < -0.4 is 0 Å². The number of ether oxygens (including phenoxy) is 5. The molecule has 0 saturated heterocycles. The Balaban J connectivity index is 0. The van der Waals surface area contributed by atoms with Gasteiger partial charge in [-0.1, -0.05) is 106 Å². The lowest BCUT2D eigenvalue weighted by molar-refractivity contribution is -0.225. The second-order valence-corrected chi connectivity index (χ2v) is 28.9. The number of ketones is 1. The van der Waals surface area contributed by atoms with Crippen LogP contribution in [0.25, 0.3) is 0 Å². The molecule has 16 heteroatoms. The molecule has 12 aliphatic rings. The number of carbonyl (C=O) groups is 8. The molecule has 12 fully saturated rings. The number of benzene rings is 1. The van der Waals surface area contributed by atoms with Crippen LogP contribution in [0, 0.1) is 69.0 Å². The molecule has 8 unspecified atom stereocenters. The molecule has 0 heterocycles. The Morgan fingerprint density at radius 2 is 0.910 bits per heavy atom. The molecule has 12 saturated carbocycles. The zero-order chi connectivity index (χ0) is 59.9. The SMILES string of the molecule is C.C.C.C.C.C.C.C.CCC(C)(C)C(=O)OC12CC3CC(C1)C(=O)C(C3)C2.CCC(C)(C)C(=O)OC12CC3CC(C1)CC(C(=O)O)(C3)C2.CCC(C)(C)C(=O)OC12CC3CC(CC(O)(C3)C1)C2.CCC(C)C(=O)OCC(C)OC(=O)c1ccccc1C(=O)O. The van der Waals surface area contributed by atoms with E-state index in [9.17, 15) is 48.6 Å². The molecular weight excluding hydrogens is 1130 g/mol. The lowest BCUT2D eigenvalue weighted by Crippen LogP contribution is -2.61. The molecule has 0 radical (unpaired) electrons. The van der Waals surface area contributed by atoms with Gasteiger partial charge in [0.1, 0.15) is 35.3 Å². The highest BCUT2D eigenvalue weighted by atomic mass is 16.6. The number of carboxylic acid groups (broad SMARTS) is 2. The first kappa shape index (κ1) is 86.2. The summed E-state index contributed by atoms with van der Waals surface area (Å²) in [5, 5.41) is 29.4. The maximum Gasteiger partial charge on any atom is 0.339 e. The van der Waals surface area contributed by atoms with Gasteiger partial charge in [-0.15, -0.1) is 0 Å². The van der Waals surface area contributed by atoms with Gasteiger partial charge in [0, 0.05) is 24.7 Å². The quantitative estimate of drug-likeness (QED) is 0.0970. The standard InChI is InChI=1S/C17H26O4.C16H20O6.C16H26O3.C16H24O3.8CH4/c1-4-15(2,3)14(20)21-17-8-11-5-12(9-17)7-16(6-11,10-17)13(18)19;1-4-10(2)15(19)21-9-11(3)22-16(20)13-8-6-5-7-12(13)14(17)18;1-4-14(2,3)13(17)19-16-8-11-5-12(9-16)7-15(18,6-11)10-16;1-4-15(2,3)14(18)19-16-7-10-5-11(8-16)13(17)12(6-10)9-16;;;;;;;;/h11-12H,4-10H2,1-3H3,(H,18,19);5-8,10-11H,4,9H2,1-3H3,(H,17,18);11-12,18H,4-10H2,1-3H3;10-12H,4-9H2,1-3H3;8*1H4. The summed E-state index contributed by atoms with van der Waals surface area (Å²) in [4.78, 5) is 95.7. The van der Waals surface area contributed by atoms with Gasteiger partial charge < -0.3 is 39.0 Å². The van der Waals surface area contributed by atoms with Crippen LogP contribution in [0.5, 0.6) is 0 Å². The summed E-state index contributed by atoms with van der Waals surface area (Å²) in [5.41, 5.74) is -3.84. The Morgan fingerprint density at radius 3 is 1.29 bits per heavy atom. The fourth-order valence-corrected chi connectivity index (χ4v) is 15.7. The fourth-order valence-electron chi connectivity index (χ4n) is 15.7. The molecule has 1 aromatic carbocycles. The van der Waals surface area contributed by atoms with Crippen molar-refractivity contribution in [1.29, 1.82) is 0 Å². The van der Waals surface area contributed by atoms with Crippen molar-refractivity contribution in [2.24, 2.45) is 69.0 Å². The minimum absolute atomic E-state index is 0. The minimum Gasteiger partial charge on any atom is -0.481 e. The van der Waals surface area contributed by atoms with Crippen LogP contribution in [0.3, 0.4) is 0 Å². The number of hydrogen-bond donors (Lipinski definition) is 3. The number of esters is 5. The van der Waals surface area contributed by atoms with Crippen molar-refractivity contribution in [3.63, 3.8) is 0 Å². The van der Waals surface area contributed by atoms with Gasteiger partial charge in [0.2, 0.25) is 0 Å². The zero-order valence-corrected chi connectivity index (χ0v) is 50.7. The van der Waals surface area contributed by atoms with Gasteiger partial charge in [-0.2, -0.15) is 0 Å². The molecule has 89 heavy (non-hydrogen) atoms. The van der Waals surface area contributed by atoms with Crippen LogP contribution in [0.1, 0.15) is 298 Å². The normalized spacial score (nSPS) is 31.1. The summed E-state index contributed by atoms with van der Waals surface area (Å²) < 4.78 is 28.1. The van der Waals surface area contributed by atoms with Gasteiger partial charge in [-0.05, 0) is 212 Å². The van der Waals surface area contributed by atoms with E-state index in [1.54, 1.807) is 19.9 Å². The maximum atomic E-state index is 12.5. The Labute approximate surface area is 539 Å². The van der Waals surface area contributed by atoms with Gasteiger partial charge in [0.25, 0.3) is 0 Å². The van der Waals surface area contributed by atoms with E-state index in [1.807, 2.05) is 69.2 Å². The largest absolute Gasteiger partial charge is 0.481 e. The van der Waals surface area contributed by atoms with Crippen molar-refractivity contribution in [3.05, 3.63) is 35.4 Å². The Hall–Kier alpha value is -4.86. The van der Waals surface area contributed by atoms with E-state index < -0.39 is 56.9 Å². The average molecular weight is 1260 g/mol. The summed E-state index contributed by atoms with van der Waals surface area (Å²) >= 11 is 0. The van der Waals surface area contributed by atoms with E-state index in [2.05, 4.69) is 0 Å². The Kier molecular flexibility index (Phi) is 31.6. The molecule has 12 bridgehead atoms. The zero-order valence-electron chi connectivity index (χ0n) is 50.7. The lowest BCUT2D eigenvalue weighted by Gasteiger charge is -2.59. The van der Waals surface area contributed by atoms with E-state index in [4.69, 9.17) is 28.8 Å². The fraction of sp³-hybridized carbons (Fsp3) is 0.808. The number of aliphatic carboxylic acids is 1. The smallest absolute Gasteiger partial charge is 0.339 e. The predicted octanol–water partition coefficient (Wildman–Crippen LogP) is 17.2. The van der Waals surface area contributed by atoms with Gasteiger partial charge in [-0.25, -0.2) is 9.59 Å². The van der Waals surface area contributed by atoms with E-state index in [0.29, 0.717) is 54.6 Å². The van der Waals surface area contributed by atoms with Crippen LogP contribution in [0.4, 0.5) is 0 Å². The Bertz CT molecular complexity index is 2490. The number of aromatic carboxylic acids is 1. The second kappa shape index (κ2) is 32.6. The predicted molar refractivity (Wildman–Crippen MR) is 354 cm³/mol. The van der Waals surface area contributed by atoms with Crippen molar-refractivity contribution in [2.45, 2.75) is 306 Å². The van der Waals surface area contributed by atoms with Crippen LogP contribution in [0.2, 0.25) is 0 Å². The number of Topliss-reactive ketones (excluding diaryl/α,β-unsaturated/α-hetero) is 1. The van der Waals surface area contributed by atoms with E-state index in [0.717, 1.165) is 109 Å². The van der Waals surface area contributed by atoms with Crippen molar-refractivity contribution in [3.8, 4) is 0 Å². The molecule has 0 amide bonds. The van der Waals surface area contributed by atoms with E-state index >= 15 is 0 Å². The van der Waals surface area contributed by atoms with Gasteiger partial charge in [0.15, 0.2) is 0 Å². The van der Waals surface area contributed by atoms with Gasteiger partial charge >= 0.3 is 41.8 Å². The molecule has 0 aliphatic heterocycles. The third-order valence-corrected chi connectivity index (χ3v) is 20.8. The number of hydrogen-bond acceptors (Lipinski definition) is 14. The van der Waals surface area contributed by atoms with Gasteiger partial charge in [0.05, 0.1) is 44.3 Å². The van der Waals surface area contributed by atoms with Crippen molar-refractivity contribution in [2.75, 3.05) is 6.61 Å². The topological polar surface area (TPSA) is 243 Å². The van der Waals surface area contributed by atoms with Crippen LogP contribution in [0.15, 0.2) is 24.3 Å². The van der Waals surface area contributed by atoms with Crippen LogP contribution in [-0.2, 0) is 52.5 Å². The van der Waals surface area contributed by atoms with E-state index in [-0.39, 0.29) is 130 Å². The van der Waals surface area contributed by atoms with E-state index in [1.165, 1.54) is 24.6 Å². The average Bonchev–Trinajstić information content (AvgIpc) is 0.756. The molecule has 0 spiro atoms. The summed E-state index contributed by atoms with van der Waals surface area (Å²) in [6.07, 6.45) is 17.5. The van der Waals surface area contributed by atoms with Crippen LogP contribution in [-0.4, -0.2) is 98.0 Å². The number of rotatable bonds is 17. The molecule has 12 aliphatic carbocycles. The highest BCUT2D eigenvalue weighted by molar-refractivity contribution is 6.02. The summed E-state index contributed by atoms with van der Waals surface area (Å²) in [5.74, 6) is -0.199. The molecule has 0 aromatic heterocycles. The molecule has 3 N–H and O–H groups in total. The molecule has 16 nitrogen and oxygen atoms in total. The number of carbonyl (C=O) groups excluding carboxylic acids is 6. The highest BCUT2D eigenvalue weighted by Gasteiger charge is 2.64. The van der Waals surface area contributed by atoms with Gasteiger partial charge in [-0.3, -0.25) is 28.8 Å². The first-order valence-electron chi connectivity index (χ1n) is 30.6. The monoisotopic (exact) mass is 1260 g/mol. The second-order valence-electron chi connectivity index (χ2n) is 28.9. The molecule has 1 aromatic rings. The maximum absolute atomic E-state index is 12.5. The molecular formula is C73H128O16. The molecule has 8 atom stereocenters. The summed E-state index contributed by atoms with van der Waals surface area (Å²) in [6.45, 7) is 22.8.